The van der Waals surface area contributed by atoms with Crippen LogP contribution in [0.4, 0.5) is 0 Å². The summed E-state index contributed by atoms with van der Waals surface area (Å²) in [5.41, 5.74) is 5.97. The predicted octanol–water partition coefficient (Wildman–Crippen LogP) is 1.82. The lowest BCUT2D eigenvalue weighted by atomic mass is 10.2. The molecule has 2 rings (SSSR count). The first-order valence-electron chi connectivity index (χ1n) is 6.48. The van der Waals surface area contributed by atoms with E-state index in [1.165, 1.54) is 18.2 Å². The number of nitrogens with one attached hydrogen (secondary N) is 1. The van der Waals surface area contributed by atoms with E-state index in [0.717, 1.165) is 12.8 Å². The molecule has 0 spiro atoms. The van der Waals surface area contributed by atoms with Crippen LogP contribution in [0.15, 0.2) is 23.1 Å². The maximum absolute atomic E-state index is 12.3. The minimum absolute atomic E-state index is 0.105. The van der Waals surface area contributed by atoms with Gasteiger partial charge in [-0.1, -0.05) is 23.8 Å². The Morgan fingerprint density at radius 1 is 1.48 bits per heavy atom. The molecular formula is C13H17ClN2O3S2. The molecule has 3 N–H and O–H groups in total. The van der Waals surface area contributed by atoms with Crippen LogP contribution in [0.2, 0.25) is 5.02 Å². The van der Waals surface area contributed by atoms with Crippen LogP contribution in [0.25, 0.3) is 0 Å². The van der Waals surface area contributed by atoms with Gasteiger partial charge in [0.2, 0.25) is 10.0 Å². The number of rotatable bonds is 5. The van der Waals surface area contributed by atoms with Crippen molar-refractivity contribution in [3.63, 3.8) is 0 Å². The maximum atomic E-state index is 12.3. The fourth-order valence-electron chi connectivity index (χ4n) is 2.41. The van der Waals surface area contributed by atoms with Crippen molar-refractivity contribution in [1.29, 1.82) is 0 Å². The van der Waals surface area contributed by atoms with Crippen LogP contribution in [-0.2, 0) is 14.8 Å². The molecule has 5 nitrogen and oxygen atoms in total. The molecule has 1 aliphatic rings. The number of methoxy groups -OCH3 is 1. The van der Waals surface area contributed by atoms with Crippen molar-refractivity contribution in [1.82, 2.24) is 4.72 Å². The molecule has 1 aromatic rings. The summed E-state index contributed by atoms with van der Waals surface area (Å²) in [5, 5.41) is 0.228. The lowest BCUT2D eigenvalue weighted by Gasteiger charge is -2.14. The van der Waals surface area contributed by atoms with E-state index in [9.17, 15) is 8.42 Å². The Balaban J connectivity index is 2.16. The Bertz CT molecular complexity index is 649. The average molecular weight is 349 g/mol. The van der Waals surface area contributed by atoms with Gasteiger partial charge in [-0.25, -0.2) is 13.1 Å². The molecule has 1 fully saturated rings. The second kappa shape index (κ2) is 6.58. The molecule has 2 unspecified atom stereocenters. The van der Waals surface area contributed by atoms with Crippen molar-refractivity contribution in [2.75, 3.05) is 7.11 Å². The van der Waals surface area contributed by atoms with Gasteiger partial charge in [0.1, 0.15) is 4.99 Å². The third-order valence-corrected chi connectivity index (χ3v) is 5.61. The first-order chi connectivity index (χ1) is 9.83. The minimum Gasteiger partial charge on any atom is -0.389 e. The summed E-state index contributed by atoms with van der Waals surface area (Å²) in [6.07, 6.45) is 2.40. The second-order valence-corrected chi connectivity index (χ2v) is 7.56. The van der Waals surface area contributed by atoms with Gasteiger partial charge in [-0.15, -0.1) is 0 Å². The van der Waals surface area contributed by atoms with Crippen molar-refractivity contribution in [2.45, 2.75) is 36.3 Å². The summed E-state index contributed by atoms with van der Waals surface area (Å²) in [7, 11) is -1.98. The molecule has 1 saturated carbocycles. The molecular weight excluding hydrogens is 332 g/mol. The minimum atomic E-state index is -3.61. The largest absolute Gasteiger partial charge is 0.389 e. The number of benzene rings is 1. The van der Waals surface area contributed by atoms with E-state index < -0.39 is 10.0 Å². The highest BCUT2D eigenvalue weighted by Gasteiger charge is 2.28. The van der Waals surface area contributed by atoms with Crippen molar-refractivity contribution < 1.29 is 13.2 Å². The van der Waals surface area contributed by atoms with Crippen molar-refractivity contribution >= 4 is 38.8 Å². The van der Waals surface area contributed by atoms with Gasteiger partial charge in [0, 0.05) is 18.7 Å². The SMILES string of the molecule is COC1CCC(NS(=O)(=O)c2ccc(C(N)=S)c(Cl)c2)C1. The van der Waals surface area contributed by atoms with Gasteiger partial charge < -0.3 is 10.5 Å². The molecule has 0 radical (unpaired) electrons. The van der Waals surface area contributed by atoms with Crippen LogP contribution in [0.5, 0.6) is 0 Å². The summed E-state index contributed by atoms with van der Waals surface area (Å²) in [6.45, 7) is 0. The Morgan fingerprint density at radius 2 is 2.19 bits per heavy atom. The molecule has 1 aliphatic carbocycles. The standard InChI is InChI=1S/C13H17ClN2O3S2/c1-19-9-3-2-8(6-9)16-21(17,18)10-4-5-11(13(15)20)12(14)7-10/h4-5,7-9,16H,2-3,6H2,1H3,(H2,15,20). The van der Waals surface area contributed by atoms with E-state index >= 15 is 0 Å². The quantitative estimate of drug-likeness (QED) is 0.793. The van der Waals surface area contributed by atoms with Crippen LogP contribution < -0.4 is 10.5 Å². The van der Waals surface area contributed by atoms with Crippen LogP contribution in [0.3, 0.4) is 0 Å². The van der Waals surface area contributed by atoms with Gasteiger partial charge in [0.15, 0.2) is 0 Å². The molecule has 2 atom stereocenters. The number of halogens is 1. The number of hydrogen-bond donors (Lipinski definition) is 2. The topological polar surface area (TPSA) is 81.4 Å². The lowest BCUT2D eigenvalue weighted by molar-refractivity contribution is 0.107. The highest BCUT2D eigenvalue weighted by molar-refractivity contribution is 7.89. The van der Waals surface area contributed by atoms with Crippen molar-refractivity contribution in [2.24, 2.45) is 5.73 Å². The Hall–Kier alpha value is -0.730. The van der Waals surface area contributed by atoms with Crippen LogP contribution >= 0.6 is 23.8 Å². The monoisotopic (exact) mass is 348 g/mol. The van der Waals surface area contributed by atoms with E-state index in [1.54, 1.807) is 7.11 Å². The number of nitrogens with two attached hydrogens (primary N) is 1. The molecule has 0 aromatic heterocycles. The van der Waals surface area contributed by atoms with Gasteiger partial charge in [-0.05, 0) is 37.5 Å². The Labute approximate surface area is 134 Å². The molecule has 21 heavy (non-hydrogen) atoms. The fraction of sp³-hybridized carbons (Fsp3) is 0.462. The van der Waals surface area contributed by atoms with Gasteiger partial charge in [0.25, 0.3) is 0 Å². The second-order valence-electron chi connectivity index (χ2n) is 4.99. The molecule has 8 heteroatoms. The number of thiocarbonyl (C=S) groups is 1. The third-order valence-electron chi connectivity index (χ3n) is 3.56. The molecule has 116 valence electrons. The molecule has 0 heterocycles. The third kappa shape index (κ3) is 3.92. The summed E-state index contributed by atoms with van der Waals surface area (Å²) in [4.78, 5) is 0.240. The molecule has 0 saturated heterocycles. The Kier molecular flexibility index (Phi) is 5.21. The van der Waals surface area contributed by atoms with Gasteiger partial charge in [0.05, 0.1) is 16.0 Å². The summed E-state index contributed by atoms with van der Waals surface area (Å²) < 4.78 is 32.6. The van der Waals surface area contributed by atoms with Gasteiger partial charge in [-0.3, -0.25) is 0 Å². The van der Waals surface area contributed by atoms with E-state index in [0.29, 0.717) is 12.0 Å². The van der Waals surface area contributed by atoms with E-state index in [-0.39, 0.29) is 27.1 Å². The maximum Gasteiger partial charge on any atom is 0.240 e. The van der Waals surface area contributed by atoms with Crippen LogP contribution in [0, 0.1) is 0 Å². The number of sulfonamides is 1. The smallest absolute Gasteiger partial charge is 0.240 e. The zero-order valence-electron chi connectivity index (χ0n) is 11.5. The first kappa shape index (κ1) is 16.6. The summed E-state index contributed by atoms with van der Waals surface area (Å²) >= 11 is 10.9. The zero-order chi connectivity index (χ0) is 15.6. The van der Waals surface area contributed by atoms with Crippen LogP contribution in [0.1, 0.15) is 24.8 Å². The predicted molar refractivity (Wildman–Crippen MR) is 86.1 cm³/mol. The van der Waals surface area contributed by atoms with E-state index in [2.05, 4.69) is 4.72 Å². The van der Waals surface area contributed by atoms with Gasteiger partial charge >= 0.3 is 0 Å². The molecule has 0 amide bonds. The highest BCUT2D eigenvalue weighted by atomic mass is 35.5. The average Bonchev–Trinajstić information content (AvgIpc) is 2.85. The number of hydrogen-bond acceptors (Lipinski definition) is 4. The van der Waals surface area contributed by atoms with E-state index in [1.807, 2.05) is 0 Å². The summed E-state index contributed by atoms with van der Waals surface area (Å²) in [6, 6.07) is 4.22. The lowest BCUT2D eigenvalue weighted by Crippen LogP contribution is -2.33. The molecule has 0 aliphatic heterocycles. The van der Waals surface area contributed by atoms with Crippen molar-refractivity contribution in [3.05, 3.63) is 28.8 Å². The molecule has 1 aromatic carbocycles. The van der Waals surface area contributed by atoms with Gasteiger partial charge in [-0.2, -0.15) is 0 Å². The Morgan fingerprint density at radius 3 is 2.71 bits per heavy atom. The fourth-order valence-corrected chi connectivity index (χ4v) is 4.30. The first-order valence-corrected chi connectivity index (χ1v) is 8.75. The van der Waals surface area contributed by atoms with Crippen LogP contribution in [-0.4, -0.2) is 32.7 Å². The number of ether oxygens (including phenoxy) is 1. The van der Waals surface area contributed by atoms with Crippen molar-refractivity contribution in [3.8, 4) is 0 Å². The highest BCUT2D eigenvalue weighted by Crippen LogP contribution is 2.25. The summed E-state index contributed by atoms with van der Waals surface area (Å²) in [5.74, 6) is 0. The normalized spacial score (nSPS) is 22.4. The van der Waals surface area contributed by atoms with E-state index in [4.69, 9.17) is 34.3 Å². The zero-order valence-corrected chi connectivity index (χ0v) is 13.9. The molecule has 0 bridgehead atoms.